The Kier molecular flexibility index (Phi) is 5.74. The maximum atomic E-state index is 12.1. The van der Waals surface area contributed by atoms with E-state index in [1.165, 1.54) is 0 Å². The van der Waals surface area contributed by atoms with Gasteiger partial charge in [0.05, 0.1) is 0 Å². The summed E-state index contributed by atoms with van der Waals surface area (Å²) in [6.45, 7) is 8.64. The molecule has 1 amide bonds. The Hall–Kier alpha value is -1.64. The van der Waals surface area contributed by atoms with Crippen molar-refractivity contribution in [3.05, 3.63) is 34.9 Å². The van der Waals surface area contributed by atoms with Crippen LogP contribution in [0.25, 0.3) is 0 Å². The normalized spacial score (nSPS) is 10.6. The highest BCUT2D eigenvalue weighted by atomic mass is 16.2. The molecule has 3 nitrogen and oxygen atoms in total. The Morgan fingerprint density at radius 1 is 1.16 bits per heavy atom. The largest absolute Gasteiger partial charge is 0.356 e. The lowest BCUT2D eigenvalue weighted by Crippen LogP contribution is -2.27. The molecule has 1 N–H and O–H groups in total. The summed E-state index contributed by atoms with van der Waals surface area (Å²) in [5, 5.41) is 2.82. The van der Waals surface area contributed by atoms with E-state index in [4.69, 9.17) is 0 Å². The molecule has 1 aromatic rings. The molecule has 1 rings (SSSR count). The van der Waals surface area contributed by atoms with Crippen LogP contribution in [0.15, 0.2) is 18.2 Å². The second-order valence-electron chi connectivity index (χ2n) is 5.44. The van der Waals surface area contributed by atoms with Crippen LogP contribution < -0.4 is 5.32 Å². The number of aryl methyl sites for hydroxylation is 2. The summed E-state index contributed by atoms with van der Waals surface area (Å²) in [6, 6.07) is 5.83. The predicted octanol–water partition coefficient (Wildman–Crippen LogP) is 3.04. The van der Waals surface area contributed by atoms with E-state index >= 15 is 0 Å². The molecule has 3 heteroatoms. The number of Topliss-reactive ketones (excluding diaryl/α,β-unsaturated/α-hetero) is 1. The van der Waals surface area contributed by atoms with Crippen molar-refractivity contribution in [2.75, 3.05) is 6.54 Å². The number of carbonyl (C=O) groups is 2. The summed E-state index contributed by atoms with van der Waals surface area (Å²) in [4.78, 5) is 23.7. The predicted molar refractivity (Wildman–Crippen MR) is 77.3 cm³/mol. The van der Waals surface area contributed by atoms with E-state index in [1.807, 2.05) is 45.9 Å². The first-order chi connectivity index (χ1) is 8.90. The second kappa shape index (κ2) is 7.07. The average Bonchev–Trinajstić information content (AvgIpc) is 2.36. The van der Waals surface area contributed by atoms with Gasteiger partial charge >= 0.3 is 0 Å². The van der Waals surface area contributed by atoms with Crippen molar-refractivity contribution in [3.8, 4) is 0 Å². The van der Waals surface area contributed by atoms with Crippen LogP contribution in [0.5, 0.6) is 0 Å². The second-order valence-corrected chi connectivity index (χ2v) is 5.44. The Bertz CT molecular complexity index is 464. The highest BCUT2D eigenvalue weighted by molar-refractivity contribution is 5.99. The lowest BCUT2D eigenvalue weighted by Gasteiger charge is -2.08. The molecule has 0 fully saturated rings. The van der Waals surface area contributed by atoms with Crippen LogP contribution in [0.2, 0.25) is 0 Å². The van der Waals surface area contributed by atoms with Crippen LogP contribution in [0.3, 0.4) is 0 Å². The topological polar surface area (TPSA) is 46.2 Å². The molecule has 0 aliphatic heterocycles. The van der Waals surface area contributed by atoms with E-state index in [-0.39, 0.29) is 24.5 Å². The third-order valence-corrected chi connectivity index (χ3v) is 2.98. The first-order valence-electron chi connectivity index (χ1n) is 6.77. The Labute approximate surface area is 115 Å². The van der Waals surface area contributed by atoms with Crippen LogP contribution in [-0.4, -0.2) is 18.2 Å². The summed E-state index contributed by atoms with van der Waals surface area (Å²) in [5.41, 5.74) is 2.77. The van der Waals surface area contributed by atoms with Gasteiger partial charge in [0.15, 0.2) is 5.78 Å². The Morgan fingerprint density at radius 2 is 1.84 bits per heavy atom. The molecule has 104 valence electrons. The third kappa shape index (κ3) is 5.25. The van der Waals surface area contributed by atoms with Gasteiger partial charge in [-0.1, -0.05) is 31.5 Å². The fourth-order valence-corrected chi connectivity index (χ4v) is 1.80. The molecule has 0 aromatic heterocycles. The molecule has 0 spiro atoms. The fourth-order valence-electron chi connectivity index (χ4n) is 1.80. The minimum Gasteiger partial charge on any atom is -0.356 e. The SMILES string of the molecule is Cc1ccc(C)c(C(=O)CCC(=O)NCC(C)C)c1. The zero-order valence-corrected chi connectivity index (χ0v) is 12.2. The van der Waals surface area contributed by atoms with Gasteiger partial charge in [-0.3, -0.25) is 9.59 Å². The summed E-state index contributed by atoms with van der Waals surface area (Å²) < 4.78 is 0. The van der Waals surface area contributed by atoms with E-state index in [1.54, 1.807) is 0 Å². The van der Waals surface area contributed by atoms with Gasteiger partial charge in [-0.25, -0.2) is 0 Å². The molecule has 0 saturated heterocycles. The molecule has 0 unspecified atom stereocenters. The highest BCUT2D eigenvalue weighted by Gasteiger charge is 2.11. The summed E-state index contributed by atoms with van der Waals surface area (Å²) >= 11 is 0. The van der Waals surface area contributed by atoms with Gasteiger partial charge in [0.1, 0.15) is 0 Å². The van der Waals surface area contributed by atoms with Crippen molar-refractivity contribution < 1.29 is 9.59 Å². The van der Waals surface area contributed by atoms with Crippen molar-refractivity contribution >= 4 is 11.7 Å². The first kappa shape index (κ1) is 15.4. The van der Waals surface area contributed by atoms with Crippen LogP contribution in [0.4, 0.5) is 0 Å². The van der Waals surface area contributed by atoms with Crippen LogP contribution in [0.1, 0.15) is 48.2 Å². The lowest BCUT2D eigenvalue weighted by atomic mass is 9.99. The smallest absolute Gasteiger partial charge is 0.220 e. The highest BCUT2D eigenvalue weighted by Crippen LogP contribution is 2.13. The Balaban J connectivity index is 2.51. The van der Waals surface area contributed by atoms with Crippen LogP contribution in [0, 0.1) is 19.8 Å². The van der Waals surface area contributed by atoms with Crippen LogP contribution in [-0.2, 0) is 4.79 Å². The van der Waals surface area contributed by atoms with Gasteiger partial charge in [-0.2, -0.15) is 0 Å². The van der Waals surface area contributed by atoms with E-state index < -0.39 is 0 Å². The molecule has 0 bridgehead atoms. The van der Waals surface area contributed by atoms with E-state index in [2.05, 4.69) is 5.32 Å². The van der Waals surface area contributed by atoms with Crippen molar-refractivity contribution in [2.45, 2.75) is 40.5 Å². The molecule has 0 radical (unpaired) electrons. The number of hydrogen-bond donors (Lipinski definition) is 1. The molecule has 0 saturated carbocycles. The number of carbonyl (C=O) groups excluding carboxylic acids is 2. The monoisotopic (exact) mass is 261 g/mol. The van der Waals surface area contributed by atoms with Crippen molar-refractivity contribution in [1.82, 2.24) is 5.32 Å². The van der Waals surface area contributed by atoms with Gasteiger partial charge < -0.3 is 5.32 Å². The molecule has 0 atom stereocenters. The maximum Gasteiger partial charge on any atom is 0.220 e. The molecular weight excluding hydrogens is 238 g/mol. The first-order valence-corrected chi connectivity index (χ1v) is 6.77. The molecule has 0 heterocycles. The quantitative estimate of drug-likeness (QED) is 0.800. The number of benzene rings is 1. The van der Waals surface area contributed by atoms with E-state index in [9.17, 15) is 9.59 Å². The van der Waals surface area contributed by atoms with Crippen molar-refractivity contribution in [2.24, 2.45) is 5.92 Å². The standard InChI is InChI=1S/C16H23NO2/c1-11(2)10-17-16(19)8-7-15(18)14-9-12(3)5-6-13(14)4/h5-6,9,11H,7-8,10H2,1-4H3,(H,17,19). The van der Waals surface area contributed by atoms with Crippen molar-refractivity contribution in [1.29, 1.82) is 0 Å². The third-order valence-electron chi connectivity index (χ3n) is 2.98. The van der Waals surface area contributed by atoms with Gasteiger partial charge in [0.25, 0.3) is 0 Å². The number of nitrogens with one attached hydrogen (secondary N) is 1. The maximum absolute atomic E-state index is 12.1. The number of ketones is 1. The van der Waals surface area contributed by atoms with E-state index in [0.29, 0.717) is 12.5 Å². The molecule has 1 aromatic carbocycles. The lowest BCUT2D eigenvalue weighted by molar-refractivity contribution is -0.121. The molecule has 0 aliphatic carbocycles. The van der Waals surface area contributed by atoms with Crippen LogP contribution >= 0.6 is 0 Å². The number of hydrogen-bond acceptors (Lipinski definition) is 2. The Morgan fingerprint density at radius 3 is 2.47 bits per heavy atom. The van der Waals surface area contributed by atoms with Crippen molar-refractivity contribution in [3.63, 3.8) is 0 Å². The van der Waals surface area contributed by atoms with Gasteiger partial charge in [-0.15, -0.1) is 0 Å². The summed E-state index contributed by atoms with van der Waals surface area (Å²) in [6.07, 6.45) is 0.535. The minimum absolute atomic E-state index is 0.0425. The molecular formula is C16H23NO2. The number of rotatable bonds is 6. The van der Waals surface area contributed by atoms with Gasteiger partial charge in [0.2, 0.25) is 5.91 Å². The minimum atomic E-state index is -0.0487. The molecule has 0 aliphatic rings. The average molecular weight is 261 g/mol. The van der Waals surface area contributed by atoms with Gasteiger partial charge in [-0.05, 0) is 31.4 Å². The zero-order chi connectivity index (χ0) is 14.4. The molecule has 19 heavy (non-hydrogen) atoms. The van der Waals surface area contributed by atoms with Gasteiger partial charge in [0, 0.05) is 24.9 Å². The zero-order valence-electron chi connectivity index (χ0n) is 12.2. The summed E-state index contributed by atoms with van der Waals surface area (Å²) in [5.74, 6) is 0.423. The number of amides is 1. The van der Waals surface area contributed by atoms with E-state index in [0.717, 1.165) is 16.7 Å². The fraction of sp³-hybridized carbons (Fsp3) is 0.500. The summed E-state index contributed by atoms with van der Waals surface area (Å²) in [7, 11) is 0.